The first-order valence-corrected chi connectivity index (χ1v) is 7.97. The van der Waals surface area contributed by atoms with Crippen molar-refractivity contribution in [1.29, 1.82) is 0 Å². The summed E-state index contributed by atoms with van der Waals surface area (Å²) in [6.07, 6.45) is 1.65. The van der Waals surface area contributed by atoms with Gasteiger partial charge in [-0.05, 0) is 52.3 Å². The second-order valence-electron chi connectivity index (χ2n) is 4.75. The monoisotopic (exact) mass is 423 g/mol. The molecule has 0 aromatic heterocycles. The smallest absolute Gasteiger partial charge is 0.256 e. The lowest BCUT2D eigenvalue weighted by molar-refractivity contribution is -0.110. The van der Waals surface area contributed by atoms with Gasteiger partial charge in [-0.2, -0.15) is 0 Å². The van der Waals surface area contributed by atoms with Gasteiger partial charge in [0, 0.05) is 25.6 Å². The van der Waals surface area contributed by atoms with Crippen LogP contribution in [0.5, 0.6) is 11.5 Å². The van der Waals surface area contributed by atoms with Gasteiger partial charge in [0.05, 0.1) is 12.8 Å². The highest BCUT2D eigenvalue weighted by atomic mass is 79.9. The molecule has 0 saturated carbocycles. The van der Waals surface area contributed by atoms with E-state index in [1.807, 2.05) is 12.1 Å². The van der Waals surface area contributed by atoms with Gasteiger partial charge in [-0.1, -0.05) is 15.9 Å². The average molecular weight is 425 g/mol. The third-order valence-corrected chi connectivity index (χ3v) is 4.45. The molecule has 0 fully saturated rings. The van der Waals surface area contributed by atoms with Crippen molar-refractivity contribution in [3.05, 3.63) is 50.4 Å². The number of phenolic OH excluding ortho intramolecular Hbond substituents is 1. The van der Waals surface area contributed by atoms with Crippen molar-refractivity contribution in [2.45, 2.75) is 0 Å². The second-order valence-corrected chi connectivity index (χ2v) is 6.52. The molecule has 1 amide bonds. The fourth-order valence-electron chi connectivity index (χ4n) is 2.29. The molecule has 1 aliphatic heterocycles. The number of aromatic hydroxyl groups is 1. The summed E-state index contributed by atoms with van der Waals surface area (Å²) in [5.74, 6) is 0.485. The van der Waals surface area contributed by atoms with Crippen LogP contribution in [0.25, 0.3) is 11.6 Å². The summed E-state index contributed by atoms with van der Waals surface area (Å²) < 4.78 is 6.80. The number of hydrogen-bond donors (Lipinski definition) is 2. The molecular weight excluding hydrogens is 414 g/mol. The number of anilines is 1. The first kappa shape index (κ1) is 15.1. The molecule has 0 aliphatic carbocycles. The van der Waals surface area contributed by atoms with Crippen molar-refractivity contribution in [2.24, 2.45) is 0 Å². The summed E-state index contributed by atoms with van der Waals surface area (Å²) in [7, 11) is 1.55. The highest BCUT2D eigenvalue weighted by molar-refractivity contribution is 9.11. The molecule has 2 N–H and O–H groups in total. The standard InChI is InChI=1S/C16H11Br2NO3/c1-22-10-2-3-14(20)8(4-10)5-12-11-6-9(17)7-13(18)15(11)19-16(12)21/h2-7,20H,1H3,(H,19,21). The van der Waals surface area contributed by atoms with Gasteiger partial charge in [0.2, 0.25) is 0 Å². The zero-order valence-corrected chi connectivity index (χ0v) is 14.7. The van der Waals surface area contributed by atoms with Crippen LogP contribution in [0.2, 0.25) is 0 Å². The Bertz CT molecular complexity index is 815. The molecule has 0 saturated heterocycles. The number of amides is 1. The Morgan fingerprint density at radius 2 is 2.00 bits per heavy atom. The first-order valence-electron chi connectivity index (χ1n) is 6.39. The summed E-state index contributed by atoms with van der Waals surface area (Å²) >= 11 is 6.85. The van der Waals surface area contributed by atoms with Crippen molar-refractivity contribution < 1.29 is 14.6 Å². The molecule has 0 unspecified atom stereocenters. The molecule has 0 spiro atoms. The van der Waals surface area contributed by atoms with Crippen molar-refractivity contribution in [2.75, 3.05) is 12.4 Å². The van der Waals surface area contributed by atoms with Crippen LogP contribution in [-0.2, 0) is 4.79 Å². The van der Waals surface area contributed by atoms with Crippen molar-refractivity contribution in [3.8, 4) is 11.5 Å². The predicted molar refractivity (Wildman–Crippen MR) is 93.0 cm³/mol. The van der Waals surface area contributed by atoms with E-state index in [0.717, 1.165) is 20.2 Å². The highest BCUT2D eigenvalue weighted by Gasteiger charge is 2.26. The molecule has 112 valence electrons. The lowest BCUT2D eigenvalue weighted by atomic mass is 10.0. The lowest BCUT2D eigenvalue weighted by Crippen LogP contribution is -2.03. The number of phenols is 1. The molecule has 0 bridgehead atoms. The minimum atomic E-state index is -0.212. The lowest BCUT2D eigenvalue weighted by Gasteiger charge is -2.05. The third-order valence-electron chi connectivity index (χ3n) is 3.36. The minimum absolute atomic E-state index is 0.0867. The number of rotatable bonds is 2. The number of nitrogens with one attached hydrogen (secondary N) is 1. The number of benzene rings is 2. The van der Waals surface area contributed by atoms with Gasteiger partial charge in [-0.25, -0.2) is 0 Å². The molecule has 0 radical (unpaired) electrons. The summed E-state index contributed by atoms with van der Waals surface area (Å²) in [5.41, 5.74) is 2.50. The molecule has 2 aromatic carbocycles. The SMILES string of the molecule is COc1ccc(O)c(C=C2C(=O)Nc3c(Br)cc(Br)cc32)c1. The highest BCUT2D eigenvalue weighted by Crippen LogP contribution is 2.41. The van der Waals surface area contributed by atoms with Crippen LogP contribution in [0.4, 0.5) is 5.69 Å². The van der Waals surface area contributed by atoms with Gasteiger partial charge in [0.15, 0.2) is 0 Å². The van der Waals surface area contributed by atoms with E-state index in [-0.39, 0.29) is 11.7 Å². The number of carbonyl (C=O) groups is 1. The molecule has 0 atom stereocenters. The van der Waals surface area contributed by atoms with Crippen LogP contribution >= 0.6 is 31.9 Å². The maximum atomic E-state index is 12.2. The average Bonchev–Trinajstić information content (AvgIpc) is 2.78. The quantitative estimate of drug-likeness (QED) is 0.701. The Labute approximate surface area is 144 Å². The number of fused-ring (bicyclic) bond motifs is 1. The van der Waals surface area contributed by atoms with E-state index in [9.17, 15) is 9.90 Å². The van der Waals surface area contributed by atoms with Crippen molar-refractivity contribution >= 4 is 55.1 Å². The maximum absolute atomic E-state index is 12.2. The maximum Gasteiger partial charge on any atom is 0.256 e. The van der Waals surface area contributed by atoms with Crippen LogP contribution in [0, 0.1) is 0 Å². The van der Waals surface area contributed by atoms with E-state index >= 15 is 0 Å². The Kier molecular flexibility index (Phi) is 3.97. The number of ether oxygens (including phenoxy) is 1. The van der Waals surface area contributed by atoms with Crippen LogP contribution in [0.1, 0.15) is 11.1 Å². The summed E-state index contributed by atoms with van der Waals surface area (Å²) in [6, 6.07) is 8.61. The van der Waals surface area contributed by atoms with Crippen LogP contribution < -0.4 is 10.1 Å². The molecule has 4 nitrogen and oxygen atoms in total. The summed E-state index contributed by atoms with van der Waals surface area (Å²) in [4.78, 5) is 12.2. The van der Waals surface area contributed by atoms with E-state index in [1.165, 1.54) is 6.07 Å². The van der Waals surface area contributed by atoms with E-state index in [0.29, 0.717) is 16.9 Å². The van der Waals surface area contributed by atoms with Crippen LogP contribution in [-0.4, -0.2) is 18.1 Å². The molecule has 6 heteroatoms. The minimum Gasteiger partial charge on any atom is -0.507 e. The number of carbonyl (C=O) groups excluding carboxylic acids is 1. The molecular formula is C16H11Br2NO3. The fraction of sp³-hybridized carbons (Fsp3) is 0.0625. The zero-order chi connectivity index (χ0) is 15.9. The summed E-state index contributed by atoms with van der Waals surface area (Å²) in [5, 5.41) is 12.8. The van der Waals surface area contributed by atoms with E-state index < -0.39 is 0 Å². The zero-order valence-electron chi connectivity index (χ0n) is 11.5. The van der Waals surface area contributed by atoms with Gasteiger partial charge in [-0.3, -0.25) is 4.79 Å². The molecule has 1 heterocycles. The molecule has 2 aromatic rings. The van der Waals surface area contributed by atoms with Gasteiger partial charge in [0.25, 0.3) is 5.91 Å². The van der Waals surface area contributed by atoms with Crippen molar-refractivity contribution in [3.63, 3.8) is 0 Å². The Hall–Kier alpha value is -1.79. The first-order chi connectivity index (χ1) is 10.5. The largest absolute Gasteiger partial charge is 0.507 e. The van der Waals surface area contributed by atoms with Gasteiger partial charge in [0.1, 0.15) is 11.5 Å². The summed E-state index contributed by atoms with van der Waals surface area (Å²) in [6.45, 7) is 0. The van der Waals surface area contributed by atoms with E-state index in [4.69, 9.17) is 4.74 Å². The van der Waals surface area contributed by atoms with Crippen molar-refractivity contribution in [1.82, 2.24) is 0 Å². The van der Waals surface area contributed by atoms with Crippen LogP contribution in [0.3, 0.4) is 0 Å². The van der Waals surface area contributed by atoms with E-state index in [2.05, 4.69) is 37.2 Å². The number of hydrogen-bond acceptors (Lipinski definition) is 3. The fourth-order valence-corrected chi connectivity index (χ4v) is 3.61. The predicted octanol–water partition coefficient (Wildman–Crippen LogP) is 4.42. The molecule has 22 heavy (non-hydrogen) atoms. The number of halogens is 2. The Balaban J connectivity index is 2.16. The second kappa shape index (κ2) is 5.78. The van der Waals surface area contributed by atoms with E-state index in [1.54, 1.807) is 25.3 Å². The van der Waals surface area contributed by atoms with Gasteiger partial charge < -0.3 is 15.2 Å². The van der Waals surface area contributed by atoms with Gasteiger partial charge in [-0.15, -0.1) is 0 Å². The normalized spacial score (nSPS) is 14.9. The topological polar surface area (TPSA) is 58.6 Å². The molecule has 3 rings (SSSR count). The Morgan fingerprint density at radius 3 is 2.73 bits per heavy atom. The number of methoxy groups -OCH3 is 1. The Morgan fingerprint density at radius 1 is 1.23 bits per heavy atom. The van der Waals surface area contributed by atoms with Crippen LogP contribution in [0.15, 0.2) is 39.3 Å². The third kappa shape index (κ3) is 2.64. The van der Waals surface area contributed by atoms with Gasteiger partial charge >= 0.3 is 0 Å². The molecule has 1 aliphatic rings.